The maximum absolute atomic E-state index is 11.6. The Labute approximate surface area is 97.0 Å². The second kappa shape index (κ2) is 4.66. The first kappa shape index (κ1) is 12.7. The summed E-state index contributed by atoms with van der Waals surface area (Å²) in [5.41, 5.74) is 8.42. The third-order valence-corrected chi connectivity index (χ3v) is 2.52. The van der Waals surface area contributed by atoms with Crippen molar-refractivity contribution in [1.82, 2.24) is 5.32 Å². The minimum absolute atomic E-state index is 0.132. The maximum atomic E-state index is 11.6. The van der Waals surface area contributed by atoms with Gasteiger partial charge in [-0.15, -0.1) is 0 Å². The molecule has 0 aliphatic rings. The molecule has 3 N–H and O–H groups in total. The Balaban J connectivity index is 2.65. The average molecular weight is 220 g/mol. The molecule has 0 fully saturated rings. The number of hydrogen-bond donors (Lipinski definition) is 2. The Bertz CT molecular complexity index is 391. The van der Waals surface area contributed by atoms with Crippen LogP contribution in [0.4, 0.5) is 0 Å². The van der Waals surface area contributed by atoms with Crippen LogP contribution >= 0.6 is 0 Å². The Kier molecular flexibility index (Phi) is 3.70. The molecule has 1 aromatic rings. The van der Waals surface area contributed by atoms with Crippen LogP contribution < -0.4 is 11.1 Å². The van der Waals surface area contributed by atoms with E-state index in [9.17, 15) is 4.79 Å². The minimum atomic E-state index is -0.821. The van der Waals surface area contributed by atoms with Gasteiger partial charge in [0.2, 0.25) is 5.91 Å². The van der Waals surface area contributed by atoms with Gasteiger partial charge in [0, 0.05) is 6.54 Å². The van der Waals surface area contributed by atoms with Gasteiger partial charge in [-0.1, -0.05) is 23.8 Å². The topological polar surface area (TPSA) is 55.1 Å². The molecule has 0 bridgehead atoms. The van der Waals surface area contributed by atoms with Gasteiger partial charge in [0.25, 0.3) is 0 Å². The summed E-state index contributed by atoms with van der Waals surface area (Å²) >= 11 is 0. The lowest BCUT2D eigenvalue weighted by Gasteiger charge is -2.18. The van der Waals surface area contributed by atoms with Crippen molar-refractivity contribution in [1.29, 1.82) is 0 Å². The molecular weight excluding hydrogens is 200 g/mol. The highest BCUT2D eigenvalue weighted by molar-refractivity contribution is 5.85. The monoisotopic (exact) mass is 220 g/mol. The molecular formula is C13H20N2O. The number of hydrogen-bond acceptors (Lipinski definition) is 2. The normalized spacial score (nSPS) is 11.3. The van der Waals surface area contributed by atoms with Crippen molar-refractivity contribution in [2.24, 2.45) is 5.73 Å². The summed E-state index contributed by atoms with van der Waals surface area (Å²) in [4.78, 5) is 11.6. The second-order valence-electron chi connectivity index (χ2n) is 4.83. The lowest BCUT2D eigenvalue weighted by atomic mass is 10.0. The third-order valence-electron chi connectivity index (χ3n) is 2.52. The Hall–Kier alpha value is -1.35. The first-order chi connectivity index (χ1) is 7.30. The van der Waals surface area contributed by atoms with E-state index in [2.05, 4.69) is 18.3 Å². The van der Waals surface area contributed by atoms with E-state index < -0.39 is 5.54 Å². The first-order valence-electron chi connectivity index (χ1n) is 5.44. The fourth-order valence-corrected chi connectivity index (χ4v) is 1.45. The predicted molar refractivity (Wildman–Crippen MR) is 66.0 cm³/mol. The van der Waals surface area contributed by atoms with E-state index in [0.717, 1.165) is 5.56 Å². The van der Waals surface area contributed by atoms with Crippen molar-refractivity contribution in [3.8, 4) is 0 Å². The molecule has 0 aromatic heterocycles. The van der Waals surface area contributed by atoms with Gasteiger partial charge in [0.1, 0.15) is 0 Å². The summed E-state index contributed by atoms with van der Waals surface area (Å²) in [5, 5.41) is 2.84. The van der Waals surface area contributed by atoms with E-state index in [-0.39, 0.29) is 5.91 Å². The van der Waals surface area contributed by atoms with Gasteiger partial charge in [0.15, 0.2) is 0 Å². The predicted octanol–water partition coefficient (Wildman–Crippen LogP) is 1.66. The number of carbonyl (C=O) groups excluding carboxylic acids is 1. The lowest BCUT2D eigenvalue weighted by Crippen LogP contribution is -2.48. The quantitative estimate of drug-likeness (QED) is 0.814. The molecule has 0 aliphatic heterocycles. The molecule has 3 nitrogen and oxygen atoms in total. The minimum Gasteiger partial charge on any atom is -0.350 e. The van der Waals surface area contributed by atoms with Crippen LogP contribution in [0.5, 0.6) is 0 Å². The van der Waals surface area contributed by atoms with Crippen molar-refractivity contribution in [2.45, 2.75) is 39.8 Å². The van der Waals surface area contributed by atoms with Crippen molar-refractivity contribution in [3.05, 3.63) is 34.9 Å². The molecule has 16 heavy (non-hydrogen) atoms. The van der Waals surface area contributed by atoms with E-state index >= 15 is 0 Å². The van der Waals surface area contributed by atoms with Gasteiger partial charge in [0.05, 0.1) is 5.54 Å². The molecule has 88 valence electrons. The molecule has 0 spiro atoms. The van der Waals surface area contributed by atoms with E-state index in [1.54, 1.807) is 13.8 Å². The van der Waals surface area contributed by atoms with Gasteiger partial charge in [-0.05, 0) is 38.8 Å². The molecule has 0 heterocycles. The maximum Gasteiger partial charge on any atom is 0.239 e. The van der Waals surface area contributed by atoms with Crippen molar-refractivity contribution < 1.29 is 4.79 Å². The highest BCUT2D eigenvalue weighted by Gasteiger charge is 2.21. The highest BCUT2D eigenvalue weighted by atomic mass is 16.2. The van der Waals surface area contributed by atoms with Crippen LogP contribution in [0.15, 0.2) is 18.2 Å². The Morgan fingerprint density at radius 3 is 2.50 bits per heavy atom. The summed E-state index contributed by atoms with van der Waals surface area (Å²) in [6, 6.07) is 6.19. The summed E-state index contributed by atoms with van der Waals surface area (Å²) in [6.07, 6.45) is 0. The Morgan fingerprint density at radius 1 is 1.38 bits per heavy atom. The number of aryl methyl sites for hydroxylation is 2. The van der Waals surface area contributed by atoms with Gasteiger partial charge in [-0.3, -0.25) is 4.79 Å². The SMILES string of the molecule is Cc1ccc(CNC(=O)C(C)(C)N)c(C)c1. The van der Waals surface area contributed by atoms with Crippen LogP contribution in [0.3, 0.4) is 0 Å². The zero-order valence-corrected chi connectivity index (χ0v) is 10.4. The summed E-state index contributed by atoms with van der Waals surface area (Å²) < 4.78 is 0. The molecule has 0 aliphatic carbocycles. The van der Waals surface area contributed by atoms with Crippen LogP contribution in [0, 0.1) is 13.8 Å². The van der Waals surface area contributed by atoms with E-state index in [1.165, 1.54) is 11.1 Å². The summed E-state index contributed by atoms with van der Waals surface area (Å²) in [7, 11) is 0. The number of nitrogens with one attached hydrogen (secondary N) is 1. The van der Waals surface area contributed by atoms with E-state index in [1.807, 2.05) is 19.1 Å². The molecule has 0 saturated carbocycles. The second-order valence-corrected chi connectivity index (χ2v) is 4.83. The molecule has 1 aromatic carbocycles. The van der Waals surface area contributed by atoms with Crippen LogP contribution in [0.2, 0.25) is 0 Å². The van der Waals surface area contributed by atoms with Gasteiger partial charge >= 0.3 is 0 Å². The molecule has 0 saturated heterocycles. The smallest absolute Gasteiger partial charge is 0.239 e. The van der Waals surface area contributed by atoms with Crippen LogP contribution in [-0.4, -0.2) is 11.4 Å². The number of nitrogens with two attached hydrogens (primary N) is 1. The molecule has 0 atom stereocenters. The number of amides is 1. The van der Waals surface area contributed by atoms with Crippen LogP contribution in [0.1, 0.15) is 30.5 Å². The van der Waals surface area contributed by atoms with E-state index in [0.29, 0.717) is 6.54 Å². The number of rotatable bonds is 3. The molecule has 0 radical (unpaired) electrons. The molecule has 0 unspecified atom stereocenters. The van der Waals surface area contributed by atoms with Gasteiger partial charge in [-0.25, -0.2) is 0 Å². The number of benzene rings is 1. The standard InChI is InChI=1S/C13H20N2O/c1-9-5-6-11(10(2)7-9)8-15-12(16)13(3,4)14/h5-7H,8,14H2,1-4H3,(H,15,16). The van der Waals surface area contributed by atoms with E-state index in [4.69, 9.17) is 5.73 Å². The zero-order chi connectivity index (χ0) is 12.3. The fourth-order valence-electron chi connectivity index (χ4n) is 1.45. The average Bonchev–Trinajstić information content (AvgIpc) is 2.14. The van der Waals surface area contributed by atoms with Gasteiger partial charge < -0.3 is 11.1 Å². The number of carbonyl (C=O) groups is 1. The molecule has 1 amide bonds. The van der Waals surface area contributed by atoms with Crippen molar-refractivity contribution in [3.63, 3.8) is 0 Å². The highest BCUT2D eigenvalue weighted by Crippen LogP contribution is 2.10. The van der Waals surface area contributed by atoms with Crippen LogP contribution in [-0.2, 0) is 11.3 Å². The molecule has 3 heteroatoms. The van der Waals surface area contributed by atoms with Gasteiger partial charge in [-0.2, -0.15) is 0 Å². The first-order valence-corrected chi connectivity index (χ1v) is 5.44. The molecule has 1 rings (SSSR count). The zero-order valence-electron chi connectivity index (χ0n) is 10.4. The van der Waals surface area contributed by atoms with Crippen molar-refractivity contribution in [2.75, 3.05) is 0 Å². The van der Waals surface area contributed by atoms with Crippen molar-refractivity contribution >= 4 is 5.91 Å². The summed E-state index contributed by atoms with van der Waals surface area (Å²) in [6.45, 7) is 8.03. The Morgan fingerprint density at radius 2 is 2.00 bits per heavy atom. The lowest BCUT2D eigenvalue weighted by molar-refractivity contribution is -0.125. The fraction of sp³-hybridized carbons (Fsp3) is 0.462. The largest absolute Gasteiger partial charge is 0.350 e. The summed E-state index contributed by atoms with van der Waals surface area (Å²) in [5.74, 6) is -0.132. The third kappa shape index (κ3) is 3.35. The van der Waals surface area contributed by atoms with Crippen LogP contribution in [0.25, 0.3) is 0 Å².